The van der Waals surface area contributed by atoms with Crippen molar-refractivity contribution in [1.29, 1.82) is 0 Å². The summed E-state index contributed by atoms with van der Waals surface area (Å²) in [7, 11) is 0. The Hall–Kier alpha value is -2.47. The Kier molecular flexibility index (Phi) is 5.07. The maximum absolute atomic E-state index is 12.0. The normalized spacial score (nSPS) is 15.3. The van der Waals surface area contributed by atoms with Gasteiger partial charge in [0.1, 0.15) is 17.0 Å². The van der Waals surface area contributed by atoms with Gasteiger partial charge in [-0.1, -0.05) is 29.8 Å². The highest BCUT2D eigenvalue weighted by Gasteiger charge is 2.28. The number of nitrogens with zero attached hydrogens (tertiary/aromatic N) is 3. The van der Waals surface area contributed by atoms with Gasteiger partial charge in [0, 0.05) is 24.0 Å². The lowest BCUT2D eigenvalue weighted by atomic mass is 9.96. The molecule has 1 saturated heterocycles. The number of carbonyl (C=O) groups is 1. The van der Waals surface area contributed by atoms with E-state index in [2.05, 4.69) is 51.4 Å². The van der Waals surface area contributed by atoms with Crippen LogP contribution in [0.25, 0.3) is 21.3 Å². The molecule has 0 unspecified atom stereocenters. The Morgan fingerprint density at radius 2 is 1.96 bits per heavy atom. The number of fused-ring (bicyclic) bond motifs is 1. The molecular weight excluding hydrogens is 358 g/mol. The molecule has 0 atom stereocenters. The summed E-state index contributed by atoms with van der Waals surface area (Å²) in [6.07, 6.45) is 3.24. The van der Waals surface area contributed by atoms with Gasteiger partial charge in [-0.2, -0.15) is 0 Å². The van der Waals surface area contributed by atoms with E-state index in [1.807, 2.05) is 6.92 Å². The van der Waals surface area contributed by atoms with Crippen LogP contribution in [0.3, 0.4) is 0 Å². The molecule has 140 valence electrons. The second kappa shape index (κ2) is 7.64. The fourth-order valence-electron chi connectivity index (χ4n) is 3.63. The third-order valence-electron chi connectivity index (χ3n) is 5.13. The van der Waals surface area contributed by atoms with E-state index in [4.69, 9.17) is 4.74 Å². The molecule has 5 nitrogen and oxygen atoms in total. The highest BCUT2D eigenvalue weighted by Crippen LogP contribution is 2.38. The fourth-order valence-corrected chi connectivity index (χ4v) is 4.54. The molecule has 0 bridgehead atoms. The van der Waals surface area contributed by atoms with Crippen LogP contribution in [0, 0.1) is 12.8 Å². The third kappa shape index (κ3) is 3.54. The van der Waals surface area contributed by atoms with Crippen molar-refractivity contribution >= 4 is 33.3 Å². The molecule has 0 radical (unpaired) electrons. The van der Waals surface area contributed by atoms with Gasteiger partial charge in [-0.3, -0.25) is 4.79 Å². The van der Waals surface area contributed by atoms with Crippen LogP contribution in [-0.4, -0.2) is 35.6 Å². The molecule has 0 aliphatic carbocycles. The molecular formula is C21H23N3O2S. The van der Waals surface area contributed by atoms with Crippen molar-refractivity contribution in [2.75, 3.05) is 24.6 Å². The Labute approximate surface area is 163 Å². The standard InChI is InChI=1S/C21H23N3O2S/c1-3-26-21(25)16-8-10-24(11-9-16)19-18-17(12-27-20(18)23-13-22-19)15-6-4-14(2)5-7-15/h4-7,12-13,16H,3,8-11H2,1-2H3. The molecule has 1 aliphatic rings. The molecule has 0 amide bonds. The summed E-state index contributed by atoms with van der Waals surface area (Å²) in [6.45, 7) is 6.00. The van der Waals surface area contributed by atoms with E-state index >= 15 is 0 Å². The largest absolute Gasteiger partial charge is 0.466 e. The molecule has 0 spiro atoms. The Morgan fingerprint density at radius 1 is 1.22 bits per heavy atom. The van der Waals surface area contributed by atoms with Gasteiger partial charge in [0.2, 0.25) is 0 Å². The number of hydrogen-bond acceptors (Lipinski definition) is 6. The first-order valence-electron chi connectivity index (χ1n) is 9.38. The summed E-state index contributed by atoms with van der Waals surface area (Å²) in [4.78, 5) is 24.4. The molecule has 2 aromatic heterocycles. The summed E-state index contributed by atoms with van der Waals surface area (Å²) >= 11 is 1.65. The number of esters is 1. The summed E-state index contributed by atoms with van der Waals surface area (Å²) in [6, 6.07) is 8.57. The van der Waals surface area contributed by atoms with E-state index in [9.17, 15) is 4.79 Å². The summed E-state index contributed by atoms with van der Waals surface area (Å²) in [5.74, 6) is 0.901. The van der Waals surface area contributed by atoms with Crippen molar-refractivity contribution in [2.24, 2.45) is 5.92 Å². The minimum absolute atomic E-state index is 0.00225. The maximum atomic E-state index is 12.0. The number of ether oxygens (including phenoxy) is 1. The van der Waals surface area contributed by atoms with E-state index in [-0.39, 0.29) is 11.9 Å². The highest BCUT2D eigenvalue weighted by molar-refractivity contribution is 7.17. The van der Waals surface area contributed by atoms with E-state index in [1.54, 1.807) is 17.7 Å². The quantitative estimate of drug-likeness (QED) is 0.625. The number of aryl methyl sites for hydroxylation is 1. The number of piperidine rings is 1. The molecule has 6 heteroatoms. The Morgan fingerprint density at radius 3 is 2.67 bits per heavy atom. The van der Waals surface area contributed by atoms with Crippen LogP contribution < -0.4 is 4.90 Å². The number of benzene rings is 1. The molecule has 0 saturated carbocycles. The number of rotatable bonds is 4. The van der Waals surface area contributed by atoms with Crippen molar-refractivity contribution in [1.82, 2.24) is 9.97 Å². The predicted molar refractivity (Wildman–Crippen MR) is 109 cm³/mol. The van der Waals surface area contributed by atoms with Crippen LogP contribution in [0.15, 0.2) is 36.0 Å². The van der Waals surface area contributed by atoms with Crippen molar-refractivity contribution in [3.05, 3.63) is 41.5 Å². The SMILES string of the molecule is CCOC(=O)C1CCN(c2ncnc3scc(-c4ccc(C)cc4)c23)CC1. The number of thiophene rings is 1. The first kappa shape index (κ1) is 17.9. The Bertz CT molecular complexity index is 944. The van der Waals surface area contributed by atoms with Crippen molar-refractivity contribution in [3.8, 4) is 11.1 Å². The van der Waals surface area contributed by atoms with Crippen molar-refractivity contribution < 1.29 is 9.53 Å². The van der Waals surface area contributed by atoms with Gasteiger partial charge in [0.05, 0.1) is 17.9 Å². The van der Waals surface area contributed by atoms with Crippen LogP contribution in [0.1, 0.15) is 25.3 Å². The van der Waals surface area contributed by atoms with Crippen LogP contribution in [0.4, 0.5) is 5.82 Å². The van der Waals surface area contributed by atoms with E-state index in [0.717, 1.165) is 42.0 Å². The highest BCUT2D eigenvalue weighted by atomic mass is 32.1. The van der Waals surface area contributed by atoms with E-state index < -0.39 is 0 Å². The summed E-state index contributed by atoms with van der Waals surface area (Å²) in [5.41, 5.74) is 3.61. The molecule has 3 aromatic rings. The average Bonchev–Trinajstić information content (AvgIpc) is 3.13. The fraction of sp³-hybridized carbons (Fsp3) is 0.381. The second-order valence-corrected chi connectivity index (χ2v) is 7.76. The molecule has 27 heavy (non-hydrogen) atoms. The Balaban J connectivity index is 1.64. The zero-order valence-corrected chi connectivity index (χ0v) is 16.5. The minimum Gasteiger partial charge on any atom is -0.466 e. The molecule has 3 heterocycles. The number of anilines is 1. The maximum Gasteiger partial charge on any atom is 0.309 e. The molecule has 1 aliphatic heterocycles. The van der Waals surface area contributed by atoms with Gasteiger partial charge in [0.15, 0.2) is 0 Å². The van der Waals surface area contributed by atoms with Gasteiger partial charge in [0.25, 0.3) is 0 Å². The monoisotopic (exact) mass is 381 g/mol. The topological polar surface area (TPSA) is 55.3 Å². The van der Waals surface area contributed by atoms with E-state index in [0.29, 0.717) is 6.61 Å². The summed E-state index contributed by atoms with van der Waals surface area (Å²) in [5, 5.41) is 3.28. The second-order valence-electron chi connectivity index (χ2n) is 6.91. The van der Waals surface area contributed by atoms with E-state index in [1.165, 1.54) is 16.7 Å². The lowest BCUT2D eigenvalue weighted by Crippen LogP contribution is -2.37. The smallest absolute Gasteiger partial charge is 0.309 e. The lowest BCUT2D eigenvalue weighted by Gasteiger charge is -2.32. The molecule has 1 fully saturated rings. The minimum atomic E-state index is -0.0686. The van der Waals surface area contributed by atoms with Crippen LogP contribution in [0.5, 0.6) is 0 Å². The lowest BCUT2D eigenvalue weighted by molar-refractivity contribution is -0.148. The summed E-state index contributed by atoms with van der Waals surface area (Å²) < 4.78 is 5.19. The van der Waals surface area contributed by atoms with Crippen LogP contribution in [0.2, 0.25) is 0 Å². The number of hydrogen-bond donors (Lipinski definition) is 0. The average molecular weight is 382 g/mol. The van der Waals surface area contributed by atoms with Gasteiger partial charge in [-0.05, 0) is 32.3 Å². The van der Waals surface area contributed by atoms with Gasteiger partial charge in [-0.15, -0.1) is 11.3 Å². The molecule has 0 N–H and O–H groups in total. The van der Waals surface area contributed by atoms with Gasteiger partial charge >= 0.3 is 5.97 Å². The van der Waals surface area contributed by atoms with Crippen molar-refractivity contribution in [3.63, 3.8) is 0 Å². The van der Waals surface area contributed by atoms with Gasteiger partial charge < -0.3 is 9.64 Å². The van der Waals surface area contributed by atoms with Gasteiger partial charge in [-0.25, -0.2) is 9.97 Å². The zero-order valence-electron chi connectivity index (χ0n) is 15.6. The number of carbonyl (C=O) groups excluding carboxylic acids is 1. The predicted octanol–water partition coefficient (Wildman–Crippen LogP) is 4.45. The van der Waals surface area contributed by atoms with Crippen LogP contribution >= 0.6 is 11.3 Å². The van der Waals surface area contributed by atoms with Crippen LogP contribution in [-0.2, 0) is 9.53 Å². The molecule has 1 aromatic carbocycles. The third-order valence-corrected chi connectivity index (χ3v) is 6.01. The first-order valence-corrected chi connectivity index (χ1v) is 10.3. The molecule has 4 rings (SSSR count). The number of aromatic nitrogens is 2. The first-order chi connectivity index (χ1) is 13.2. The van der Waals surface area contributed by atoms with Crippen molar-refractivity contribution in [2.45, 2.75) is 26.7 Å². The zero-order chi connectivity index (χ0) is 18.8.